The summed E-state index contributed by atoms with van der Waals surface area (Å²) in [7, 11) is 0. The number of carbonyl (C=O) groups excluding carboxylic acids is 3. The molecule has 34 heavy (non-hydrogen) atoms. The van der Waals surface area contributed by atoms with Crippen LogP contribution in [0.5, 0.6) is 5.75 Å². The molecule has 180 valence electrons. The predicted molar refractivity (Wildman–Crippen MR) is 104 cm³/mol. The molecule has 7 nitrogen and oxygen atoms in total. The highest BCUT2D eigenvalue weighted by molar-refractivity contribution is 6.10. The first-order chi connectivity index (χ1) is 15.8. The van der Waals surface area contributed by atoms with Crippen LogP contribution in [0.3, 0.4) is 0 Å². The number of alkyl halides is 6. The molecule has 2 aliphatic heterocycles. The van der Waals surface area contributed by atoms with Crippen LogP contribution in [-0.2, 0) is 27.5 Å². The molecule has 1 saturated heterocycles. The molecule has 0 aliphatic carbocycles. The van der Waals surface area contributed by atoms with E-state index in [1.54, 1.807) is 24.3 Å². The summed E-state index contributed by atoms with van der Waals surface area (Å²) in [5.41, 5.74) is -5.15. The van der Waals surface area contributed by atoms with Gasteiger partial charge in [0.1, 0.15) is 12.3 Å². The van der Waals surface area contributed by atoms with Crippen molar-refractivity contribution in [2.45, 2.75) is 24.3 Å². The summed E-state index contributed by atoms with van der Waals surface area (Å²) in [5, 5.41) is 4.44. The van der Waals surface area contributed by atoms with E-state index in [1.165, 1.54) is 0 Å². The maximum absolute atomic E-state index is 13.1. The summed E-state index contributed by atoms with van der Waals surface area (Å²) < 4.78 is 83.7. The molecule has 1 unspecified atom stereocenters. The molecular weight excluding hydrogens is 472 g/mol. The third kappa shape index (κ3) is 4.13. The first-order valence-corrected chi connectivity index (χ1v) is 9.77. The van der Waals surface area contributed by atoms with Gasteiger partial charge in [-0.2, -0.15) is 26.3 Å². The lowest BCUT2D eigenvalue weighted by Crippen LogP contribution is -2.48. The van der Waals surface area contributed by atoms with Crippen LogP contribution in [0.2, 0.25) is 0 Å². The normalized spacial score (nSPS) is 20.1. The summed E-state index contributed by atoms with van der Waals surface area (Å²) in [6, 6.07) is 6.08. The monoisotopic (exact) mass is 487 g/mol. The molecule has 1 fully saturated rings. The summed E-state index contributed by atoms with van der Waals surface area (Å²) in [5.74, 6) is -1.59. The number of benzene rings is 2. The van der Waals surface area contributed by atoms with Crippen molar-refractivity contribution in [3.05, 3.63) is 59.2 Å². The highest BCUT2D eigenvalue weighted by Gasteiger charge is 2.55. The van der Waals surface area contributed by atoms with Gasteiger partial charge in [0.2, 0.25) is 5.91 Å². The zero-order chi connectivity index (χ0) is 24.9. The zero-order valence-corrected chi connectivity index (χ0v) is 17.0. The van der Waals surface area contributed by atoms with Gasteiger partial charge in [-0.3, -0.25) is 14.5 Å². The van der Waals surface area contributed by atoms with Crippen molar-refractivity contribution in [1.82, 2.24) is 10.2 Å². The molecule has 1 spiro atoms. The Hall–Kier alpha value is -3.77. The molecule has 0 aromatic heterocycles. The second-order valence-electron chi connectivity index (χ2n) is 7.66. The number of nitrogens with one attached hydrogen (secondary N) is 2. The van der Waals surface area contributed by atoms with Crippen LogP contribution < -0.4 is 15.4 Å². The number of fused-ring (bicyclic) bond motifs is 2. The zero-order valence-electron chi connectivity index (χ0n) is 17.0. The lowest BCUT2D eigenvalue weighted by atomic mass is 9.84. The molecule has 0 saturated carbocycles. The van der Waals surface area contributed by atoms with E-state index in [4.69, 9.17) is 4.74 Å². The summed E-state index contributed by atoms with van der Waals surface area (Å²) >= 11 is 0. The van der Waals surface area contributed by atoms with Crippen molar-refractivity contribution < 1.29 is 45.5 Å². The minimum atomic E-state index is -5.10. The molecule has 2 N–H and O–H groups in total. The number of rotatable bonds is 3. The highest BCUT2D eigenvalue weighted by atomic mass is 19.4. The van der Waals surface area contributed by atoms with Crippen molar-refractivity contribution in [3.8, 4) is 5.75 Å². The third-order valence-electron chi connectivity index (χ3n) is 5.43. The van der Waals surface area contributed by atoms with E-state index in [2.05, 4.69) is 5.32 Å². The second kappa shape index (κ2) is 7.92. The van der Waals surface area contributed by atoms with Crippen LogP contribution in [0.15, 0.2) is 42.5 Å². The largest absolute Gasteiger partial charge is 0.493 e. The van der Waals surface area contributed by atoms with E-state index >= 15 is 0 Å². The molecule has 2 aromatic carbocycles. The van der Waals surface area contributed by atoms with E-state index in [0.29, 0.717) is 28.3 Å². The smallest absolute Gasteiger partial charge is 0.416 e. The first-order valence-electron chi connectivity index (χ1n) is 9.77. The molecule has 2 heterocycles. The fraction of sp³-hybridized carbons (Fsp3) is 0.286. The Labute approximate surface area is 187 Å². The summed E-state index contributed by atoms with van der Waals surface area (Å²) in [4.78, 5) is 38.6. The average Bonchev–Trinajstić information content (AvgIpc) is 2.97. The minimum absolute atomic E-state index is 0.0648. The lowest BCUT2D eigenvalue weighted by Gasteiger charge is -2.33. The molecule has 2 aromatic rings. The fourth-order valence-corrected chi connectivity index (χ4v) is 3.89. The summed E-state index contributed by atoms with van der Waals surface area (Å²) in [6.45, 7) is -0.833. The van der Waals surface area contributed by atoms with E-state index in [9.17, 15) is 40.7 Å². The maximum Gasteiger partial charge on any atom is 0.416 e. The first kappa shape index (κ1) is 23.4. The second-order valence-corrected chi connectivity index (χ2v) is 7.66. The Kier molecular flexibility index (Phi) is 5.45. The number of carbonyl (C=O) groups is 3. The standard InChI is InChI=1S/C21H15F6N3O4/c22-20(23,24)11-7-12(21(25,26)27)9-13(8-11)28-16(31)10-30-17(32)19(29-18(30)33)5-6-34-15-4-2-1-3-14(15)19/h1-4,7-9H,5-6,10H2,(H,28,31)(H,29,33). The topological polar surface area (TPSA) is 87.7 Å². The Morgan fingerprint density at radius 2 is 1.65 bits per heavy atom. The summed E-state index contributed by atoms with van der Waals surface area (Å²) in [6.07, 6.45) is -10.1. The molecule has 0 radical (unpaired) electrons. The van der Waals surface area contributed by atoms with Crippen LogP contribution >= 0.6 is 0 Å². The van der Waals surface area contributed by atoms with E-state index in [0.717, 1.165) is 0 Å². The minimum Gasteiger partial charge on any atom is -0.493 e. The predicted octanol–water partition coefficient (Wildman–Crippen LogP) is 3.89. The van der Waals surface area contributed by atoms with Crippen molar-refractivity contribution in [2.75, 3.05) is 18.5 Å². The van der Waals surface area contributed by atoms with Crippen LogP contribution in [-0.4, -0.2) is 35.9 Å². The van der Waals surface area contributed by atoms with Crippen LogP contribution in [0.1, 0.15) is 23.1 Å². The Morgan fingerprint density at radius 1 is 1.03 bits per heavy atom. The van der Waals surface area contributed by atoms with Crippen molar-refractivity contribution in [2.24, 2.45) is 0 Å². The number of nitrogens with zero attached hydrogens (tertiary/aromatic N) is 1. The number of halogens is 6. The Morgan fingerprint density at radius 3 is 2.26 bits per heavy atom. The van der Waals surface area contributed by atoms with Gasteiger partial charge in [0.15, 0.2) is 5.54 Å². The Bertz CT molecular complexity index is 1150. The molecule has 13 heteroatoms. The third-order valence-corrected chi connectivity index (χ3v) is 5.43. The number of anilines is 1. The molecule has 0 bridgehead atoms. The number of hydrogen-bond acceptors (Lipinski definition) is 4. The SMILES string of the molecule is O=C(CN1C(=O)NC2(CCOc3ccccc32)C1=O)Nc1cc(C(F)(F)F)cc(C(F)(F)F)c1. The highest BCUT2D eigenvalue weighted by Crippen LogP contribution is 2.41. The van der Waals surface area contributed by atoms with Gasteiger partial charge in [-0.15, -0.1) is 0 Å². The number of ether oxygens (including phenoxy) is 1. The van der Waals surface area contributed by atoms with E-state index in [-0.39, 0.29) is 19.1 Å². The number of hydrogen-bond donors (Lipinski definition) is 2. The molecule has 1 atom stereocenters. The molecular formula is C21H15F6N3O4. The maximum atomic E-state index is 13.1. The average molecular weight is 487 g/mol. The Balaban J connectivity index is 1.57. The van der Waals surface area contributed by atoms with Gasteiger partial charge >= 0.3 is 18.4 Å². The van der Waals surface area contributed by atoms with E-state index < -0.39 is 59.1 Å². The van der Waals surface area contributed by atoms with Crippen LogP contribution in [0, 0.1) is 0 Å². The number of para-hydroxylation sites is 1. The van der Waals surface area contributed by atoms with Gasteiger partial charge in [-0.1, -0.05) is 18.2 Å². The van der Waals surface area contributed by atoms with Gasteiger partial charge in [-0.05, 0) is 24.3 Å². The quantitative estimate of drug-likeness (QED) is 0.508. The fourth-order valence-electron chi connectivity index (χ4n) is 3.89. The van der Waals surface area contributed by atoms with Gasteiger partial charge in [0, 0.05) is 17.7 Å². The van der Waals surface area contributed by atoms with Gasteiger partial charge in [0.25, 0.3) is 5.91 Å². The lowest BCUT2D eigenvalue weighted by molar-refractivity contribution is -0.143. The van der Waals surface area contributed by atoms with Gasteiger partial charge < -0.3 is 15.4 Å². The van der Waals surface area contributed by atoms with Gasteiger partial charge in [0.05, 0.1) is 17.7 Å². The molecule has 2 aliphatic rings. The van der Waals surface area contributed by atoms with E-state index in [1.807, 2.05) is 5.32 Å². The van der Waals surface area contributed by atoms with Crippen molar-refractivity contribution in [3.63, 3.8) is 0 Å². The van der Waals surface area contributed by atoms with Gasteiger partial charge in [-0.25, -0.2) is 4.79 Å². The van der Waals surface area contributed by atoms with Crippen LogP contribution in [0.4, 0.5) is 36.8 Å². The molecule has 4 amide bonds. The van der Waals surface area contributed by atoms with Crippen LogP contribution in [0.25, 0.3) is 0 Å². The number of imide groups is 1. The van der Waals surface area contributed by atoms with Crippen molar-refractivity contribution >= 4 is 23.5 Å². The van der Waals surface area contributed by atoms with Crippen molar-refractivity contribution in [1.29, 1.82) is 0 Å². The molecule has 4 rings (SSSR count). The number of urea groups is 1. The number of amides is 4.